The van der Waals surface area contributed by atoms with Crippen LogP contribution in [-0.2, 0) is 16.0 Å². The van der Waals surface area contributed by atoms with E-state index in [9.17, 15) is 19.5 Å². The lowest BCUT2D eigenvalue weighted by atomic mass is 9.93. The Labute approximate surface area is 146 Å². The maximum Gasteiger partial charge on any atom is 0.325 e. The highest BCUT2D eigenvalue weighted by Gasteiger charge is 2.49. The van der Waals surface area contributed by atoms with Crippen LogP contribution in [0.5, 0.6) is 5.75 Å². The van der Waals surface area contributed by atoms with Crippen LogP contribution in [0.1, 0.15) is 38.7 Å². The Balaban J connectivity index is 1.83. The second-order valence-corrected chi connectivity index (χ2v) is 6.54. The molecule has 1 fully saturated rings. The number of anilines is 1. The van der Waals surface area contributed by atoms with E-state index in [1.807, 2.05) is 19.9 Å². The quantitative estimate of drug-likeness (QED) is 0.814. The fraction of sp³-hybridized carbons (Fsp3) is 0.500. The molecular formula is C18H23N3O4. The Morgan fingerprint density at radius 2 is 2.00 bits per heavy atom. The summed E-state index contributed by atoms with van der Waals surface area (Å²) in [6.45, 7) is 3.82. The van der Waals surface area contributed by atoms with Gasteiger partial charge in [-0.15, -0.1) is 0 Å². The van der Waals surface area contributed by atoms with Gasteiger partial charge in [-0.05, 0) is 37.3 Å². The van der Waals surface area contributed by atoms with Gasteiger partial charge in [0.1, 0.15) is 17.8 Å². The van der Waals surface area contributed by atoms with Crippen LogP contribution in [0.25, 0.3) is 0 Å². The van der Waals surface area contributed by atoms with Crippen LogP contribution in [0.3, 0.4) is 0 Å². The second-order valence-electron chi connectivity index (χ2n) is 6.54. The molecule has 0 unspecified atom stereocenters. The van der Waals surface area contributed by atoms with Crippen molar-refractivity contribution in [3.63, 3.8) is 0 Å². The van der Waals surface area contributed by atoms with E-state index in [4.69, 9.17) is 0 Å². The summed E-state index contributed by atoms with van der Waals surface area (Å²) in [5, 5.41) is 12.9. The van der Waals surface area contributed by atoms with E-state index in [0.717, 1.165) is 23.3 Å². The Hall–Kier alpha value is -2.57. The summed E-state index contributed by atoms with van der Waals surface area (Å²) in [5.41, 5.74) is 0.468. The molecule has 1 aromatic carbocycles. The molecule has 0 aliphatic carbocycles. The number of hydrogen-bond acceptors (Lipinski definition) is 4. The summed E-state index contributed by atoms with van der Waals surface area (Å²) in [7, 11) is 0. The number of carbonyl (C=O) groups excluding carboxylic acids is 3. The fourth-order valence-corrected chi connectivity index (χ4v) is 3.65. The molecule has 0 atom stereocenters. The molecule has 2 heterocycles. The molecule has 134 valence electrons. The zero-order valence-electron chi connectivity index (χ0n) is 14.5. The lowest BCUT2D eigenvalue weighted by Gasteiger charge is -2.31. The first-order valence-electron chi connectivity index (χ1n) is 8.69. The van der Waals surface area contributed by atoms with Crippen molar-refractivity contribution < 1.29 is 19.5 Å². The van der Waals surface area contributed by atoms with Crippen LogP contribution in [0.15, 0.2) is 18.2 Å². The largest absolute Gasteiger partial charge is 0.506 e. The normalized spacial score (nSPS) is 19.0. The van der Waals surface area contributed by atoms with Crippen LogP contribution < -0.4 is 10.2 Å². The lowest BCUT2D eigenvalue weighted by Crippen LogP contribution is -2.47. The van der Waals surface area contributed by atoms with Gasteiger partial charge in [0, 0.05) is 6.54 Å². The molecule has 7 nitrogen and oxygen atoms in total. The number of phenolic OH excluding ortho intramolecular Hbond substituents is 1. The average molecular weight is 345 g/mol. The number of aromatic hydroxyl groups is 1. The molecule has 0 bridgehead atoms. The van der Waals surface area contributed by atoms with Gasteiger partial charge in [0.15, 0.2) is 0 Å². The van der Waals surface area contributed by atoms with Gasteiger partial charge in [-0.25, -0.2) is 4.79 Å². The summed E-state index contributed by atoms with van der Waals surface area (Å²) in [5.74, 6) is -0.682. The van der Waals surface area contributed by atoms with Crippen molar-refractivity contribution in [3.05, 3.63) is 23.8 Å². The van der Waals surface area contributed by atoms with E-state index >= 15 is 0 Å². The van der Waals surface area contributed by atoms with Gasteiger partial charge in [-0.1, -0.05) is 26.0 Å². The van der Waals surface area contributed by atoms with Gasteiger partial charge in [0.2, 0.25) is 5.91 Å². The summed E-state index contributed by atoms with van der Waals surface area (Å²) in [4.78, 5) is 40.1. The highest BCUT2D eigenvalue weighted by molar-refractivity contribution is 6.10. The van der Waals surface area contributed by atoms with Gasteiger partial charge in [-0.3, -0.25) is 14.5 Å². The number of imide groups is 1. The third-order valence-corrected chi connectivity index (χ3v) is 5.24. The maximum atomic E-state index is 12.8. The second kappa shape index (κ2) is 6.38. The molecule has 2 N–H and O–H groups in total. The highest BCUT2D eigenvalue weighted by atomic mass is 16.3. The number of urea groups is 1. The number of hydrogen-bond donors (Lipinski definition) is 2. The van der Waals surface area contributed by atoms with Gasteiger partial charge in [0.25, 0.3) is 5.91 Å². The first-order valence-corrected chi connectivity index (χ1v) is 8.69. The molecule has 1 aromatic rings. The minimum atomic E-state index is -0.917. The van der Waals surface area contributed by atoms with Crippen LogP contribution in [0.2, 0.25) is 0 Å². The summed E-state index contributed by atoms with van der Waals surface area (Å²) in [6, 6.07) is 4.63. The van der Waals surface area contributed by atoms with E-state index in [0.29, 0.717) is 25.1 Å². The first kappa shape index (κ1) is 17.3. The minimum absolute atomic E-state index is 0.0409. The van der Waals surface area contributed by atoms with Gasteiger partial charge < -0.3 is 15.3 Å². The predicted octanol–water partition coefficient (Wildman–Crippen LogP) is 1.78. The molecule has 4 amide bonds. The van der Waals surface area contributed by atoms with Crippen LogP contribution in [-0.4, -0.2) is 46.5 Å². The van der Waals surface area contributed by atoms with E-state index in [1.165, 1.54) is 11.0 Å². The predicted molar refractivity (Wildman–Crippen MR) is 92.3 cm³/mol. The van der Waals surface area contributed by atoms with Crippen LogP contribution >= 0.6 is 0 Å². The van der Waals surface area contributed by atoms with Crippen LogP contribution in [0, 0.1) is 0 Å². The SMILES string of the molecule is CCC1(CC)NC(=O)N(CC(=O)N2CCCc3cccc(O)c32)C1=O. The number of phenols is 1. The number of para-hydroxylation sites is 1. The average Bonchev–Trinajstić information content (AvgIpc) is 2.86. The van der Waals surface area contributed by atoms with E-state index < -0.39 is 11.6 Å². The van der Waals surface area contributed by atoms with Gasteiger partial charge >= 0.3 is 6.03 Å². The standard InChI is InChI=1S/C18H23N3O4/c1-3-18(4-2)16(24)21(17(25)19-18)11-14(23)20-10-6-8-12-7-5-9-13(22)15(12)20/h5,7,9,22H,3-4,6,8,10-11H2,1-2H3,(H,19,25). The third-order valence-electron chi connectivity index (χ3n) is 5.24. The molecule has 0 aromatic heterocycles. The van der Waals surface area contributed by atoms with Crippen molar-refractivity contribution in [1.82, 2.24) is 10.2 Å². The lowest BCUT2D eigenvalue weighted by molar-refractivity contribution is -0.134. The van der Waals surface area contributed by atoms with Crippen molar-refractivity contribution in [2.75, 3.05) is 18.0 Å². The number of amides is 4. The molecule has 1 saturated heterocycles. The highest BCUT2D eigenvalue weighted by Crippen LogP contribution is 2.35. The van der Waals surface area contributed by atoms with Crippen molar-refractivity contribution in [2.45, 2.75) is 45.1 Å². The van der Waals surface area contributed by atoms with E-state index in [2.05, 4.69) is 5.32 Å². The smallest absolute Gasteiger partial charge is 0.325 e. The number of benzene rings is 1. The maximum absolute atomic E-state index is 12.8. The molecule has 25 heavy (non-hydrogen) atoms. The molecule has 2 aliphatic heterocycles. The van der Waals surface area contributed by atoms with Crippen molar-refractivity contribution in [1.29, 1.82) is 0 Å². The Morgan fingerprint density at radius 3 is 2.64 bits per heavy atom. The Kier molecular flexibility index (Phi) is 4.41. The number of aryl methyl sites for hydroxylation is 1. The molecule has 7 heteroatoms. The van der Waals surface area contributed by atoms with E-state index in [-0.39, 0.29) is 24.1 Å². The zero-order chi connectivity index (χ0) is 18.2. The van der Waals surface area contributed by atoms with Gasteiger partial charge in [0.05, 0.1) is 5.69 Å². The number of rotatable bonds is 4. The summed E-state index contributed by atoms with van der Waals surface area (Å²) >= 11 is 0. The molecule has 2 aliphatic rings. The number of nitrogens with one attached hydrogen (secondary N) is 1. The molecule has 0 spiro atoms. The monoisotopic (exact) mass is 345 g/mol. The summed E-state index contributed by atoms with van der Waals surface area (Å²) < 4.78 is 0. The van der Waals surface area contributed by atoms with Crippen molar-refractivity contribution in [2.24, 2.45) is 0 Å². The first-order chi connectivity index (χ1) is 11.9. The molecule has 3 rings (SSSR count). The Bertz CT molecular complexity index is 727. The summed E-state index contributed by atoms with van der Waals surface area (Å²) in [6.07, 6.45) is 2.51. The van der Waals surface area contributed by atoms with E-state index in [1.54, 1.807) is 6.07 Å². The molecule has 0 radical (unpaired) electrons. The number of carbonyl (C=O) groups is 3. The Morgan fingerprint density at radius 1 is 1.28 bits per heavy atom. The van der Waals surface area contributed by atoms with Crippen molar-refractivity contribution >= 4 is 23.5 Å². The van der Waals surface area contributed by atoms with Gasteiger partial charge in [-0.2, -0.15) is 0 Å². The third kappa shape index (κ3) is 2.73. The minimum Gasteiger partial charge on any atom is -0.506 e. The zero-order valence-corrected chi connectivity index (χ0v) is 14.5. The fourth-order valence-electron chi connectivity index (χ4n) is 3.65. The van der Waals surface area contributed by atoms with Crippen LogP contribution in [0.4, 0.5) is 10.5 Å². The topological polar surface area (TPSA) is 90.0 Å². The molecular weight excluding hydrogens is 322 g/mol. The number of fused-ring (bicyclic) bond motifs is 1. The van der Waals surface area contributed by atoms with Crippen molar-refractivity contribution in [3.8, 4) is 5.75 Å². The number of nitrogens with zero attached hydrogens (tertiary/aromatic N) is 2. The molecule has 0 saturated carbocycles.